The molecule has 0 radical (unpaired) electrons. The molecule has 1 atom stereocenters. The van der Waals surface area contributed by atoms with E-state index in [1.807, 2.05) is 0 Å². The van der Waals surface area contributed by atoms with Gasteiger partial charge in [-0.1, -0.05) is 0 Å². The Morgan fingerprint density at radius 3 is 2.70 bits per heavy atom. The summed E-state index contributed by atoms with van der Waals surface area (Å²) in [7, 11) is 0. The Hall–Kier alpha value is -2.52. The SMILES string of the molecule is CC(=O)Nc1cc2c(c([N+](=O)[O-])c1)OC(F)(F)C(F)O2. The number of nitro benzene ring substituents is 1. The lowest BCUT2D eigenvalue weighted by Crippen LogP contribution is -2.43. The van der Waals surface area contributed by atoms with E-state index in [9.17, 15) is 28.1 Å². The lowest BCUT2D eigenvalue weighted by molar-refractivity contribution is -0.389. The molecule has 0 spiro atoms. The van der Waals surface area contributed by atoms with Gasteiger partial charge in [-0.15, -0.1) is 0 Å². The molecule has 7 nitrogen and oxygen atoms in total. The number of rotatable bonds is 2. The summed E-state index contributed by atoms with van der Waals surface area (Å²) in [4.78, 5) is 20.7. The fourth-order valence-electron chi connectivity index (χ4n) is 1.55. The highest BCUT2D eigenvalue weighted by Crippen LogP contribution is 2.47. The Bertz CT molecular complexity index is 593. The number of ether oxygens (including phenoxy) is 2. The second kappa shape index (κ2) is 4.54. The number of fused-ring (bicyclic) bond motifs is 1. The zero-order chi connectivity index (χ0) is 15.1. The molecule has 0 saturated carbocycles. The third-order valence-corrected chi connectivity index (χ3v) is 2.29. The van der Waals surface area contributed by atoms with Crippen molar-refractivity contribution in [1.29, 1.82) is 0 Å². The van der Waals surface area contributed by atoms with Gasteiger partial charge in [-0.25, -0.2) is 0 Å². The number of alkyl halides is 3. The molecule has 0 bridgehead atoms. The number of amides is 1. The Labute approximate surface area is 109 Å². The topological polar surface area (TPSA) is 90.7 Å². The van der Waals surface area contributed by atoms with Gasteiger partial charge in [0.2, 0.25) is 11.7 Å². The van der Waals surface area contributed by atoms with Gasteiger partial charge in [0.1, 0.15) is 0 Å². The van der Waals surface area contributed by atoms with Gasteiger partial charge >= 0.3 is 18.2 Å². The van der Waals surface area contributed by atoms with Gasteiger partial charge in [0.05, 0.1) is 10.6 Å². The normalized spacial score (nSPS) is 19.3. The van der Waals surface area contributed by atoms with Gasteiger partial charge in [-0.05, 0) is 0 Å². The molecule has 1 N–H and O–H groups in total. The first-order valence-corrected chi connectivity index (χ1v) is 5.18. The smallest absolute Gasteiger partial charge is 0.447 e. The number of hydrogen-bond acceptors (Lipinski definition) is 5. The number of halogens is 3. The molecule has 1 aliphatic heterocycles. The monoisotopic (exact) mass is 292 g/mol. The number of nitrogens with one attached hydrogen (secondary N) is 1. The quantitative estimate of drug-likeness (QED) is 0.666. The fourth-order valence-corrected chi connectivity index (χ4v) is 1.55. The van der Waals surface area contributed by atoms with Crippen LogP contribution < -0.4 is 14.8 Å². The number of anilines is 1. The zero-order valence-electron chi connectivity index (χ0n) is 9.85. The van der Waals surface area contributed by atoms with Crippen LogP contribution in [0.25, 0.3) is 0 Å². The molecule has 20 heavy (non-hydrogen) atoms. The predicted molar refractivity (Wildman–Crippen MR) is 58.5 cm³/mol. The lowest BCUT2D eigenvalue weighted by Gasteiger charge is -2.28. The average Bonchev–Trinajstić information content (AvgIpc) is 2.29. The fraction of sp³-hybridized carbons (Fsp3) is 0.300. The minimum absolute atomic E-state index is 0.107. The van der Waals surface area contributed by atoms with Crippen LogP contribution in [0.3, 0.4) is 0 Å². The number of benzene rings is 1. The van der Waals surface area contributed by atoms with Crippen LogP contribution in [0.2, 0.25) is 0 Å². The molecule has 1 aromatic carbocycles. The van der Waals surface area contributed by atoms with Crippen molar-refractivity contribution in [2.24, 2.45) is 0 Å². The standard InChI is InChI=1S/C10H7F3N2O5/c1-4(16)14-5-2-6(15(17)18)8-7(3-5)19-9(11)10(12,13)20-8/h2-3,9H,1H3,(H,14,16). The van der Waals surface area contributed by atoms with Crippen LogP contribution in [-0.4, -0.2) is 23.3 Å². The molecule has 1 aliphatic rings. The third-order valence-electron chi connectivity index (χ3n) is 2.29. The van der Waals surface area contributed by atoms with Crippen LogP contribution in [0.1, 0.15) is 6.92 Å². The Morgan fingerprint density at radius 1 is 1.50 bits per heavy atom. The molecular weight excluding hydrogens is 285 g/mol. The summed E-state index contributed by atoms with van der Waals surface area (Å²) >= 11 is 0. The molecule has 0 aliphatic carbocycles. The third kappa shape index (κ3) is 2.44. The first-order valence-electron chi connectivity index (χ1n) is 5.18. The van der Waals surface area contributed by atoms with Crippen molar-refractivity contribution in [3.63, 3.8) is 0 Å². The Morgan fingerprint density at radius 2 is 2.15 bits per heavy atom. The number of nitro groups is 1. The highest BCUT2D eigenvalue weighted by molar-refractivity contribution is 5.90. The van der Waals surface area contributed by atoms with Crippen molar-refractivity contribution in [3.8, 4) is 11.5 Å². The van der Waals surface area contributed by atoms with Crippen molar-refractivity contribution < 1.29 is 32.4 Å². The minimum atomic E-state index is -4.34. The maximum Gasteiger partial charge on any atom is 0.468 e. The summed E-state index contributed by atoms with van der Waals surface area (Å²) in [5.41, 5.74) is -0.984. The van der Waals surface area contributed by atoms with Crippen LogP contribution in [0.15, 0.2) is 12.1 Å². The summed E-state index contributed by atoms with van der Waals surface area (Å²) in [5, 5.41) is 13.0. The number of nitrogens with zero attached hydrogens (tertiary/aromatic N) is 1. The largest absolute Gasteiger partial charge is 0.468 e. The maximum atomic E-state index is 13.0. The molecule has 108 valence electrons. The van der Waals surface area contributed by atoms with Crippen molar-refractivity contribution in [2.45, 2.75) is 19.4 Å². The Balaban J connectivity index is 2.54. The van der Waals surface area contributed by atoms with E-state index in [1.165, 1.54) is 0 Å². The van der Waals surface area contributed by atoms with E-state index in [1.54, 1.807) is 0 Å². The lowest BCUT2D eigenvalue weighted by atomic mass is 10.2. The van der Waals surface area contributed by atoms with Gasteiger partial charge in [0, 0.05) is 19.1 Å². The zero-order valence-corrected chi connectivity index (χ0v) is 9.85. The van der Waals surface area contributed by atoms with E-state index in [0.717, 1.165) is 19.1 Å². The predicted octanol–water partition coefficient (Wildman–Crippen LogP) is 2.21. The van der Waals surface area contributed by atoms with Crippen molar-refractivity contribution in [1.82, 2.24) is 0 Å². The van der Waals surface area contributed by atoms with E-state index in [0.29, 0.717) is 0 Å². The van der Waals surface area contributed by atoms with Crippen molar-refractivity contribution >= 4 is 17.3 Å². The first-order chi connectivity index (χ1) is 9.20. The molecule has 1 heterocycles. The average molecular weight is 292 g/mol. The van der Waals surface area contributed by atoms with Crippen LogP contribution in [-0.2, 0) is 4.79 Å². The molecular formula is C10H7F3N2O5. The maximum absolute atomic E-state index is 13.0. The molecule has 0 aromatic heterocycles. The van der Waals surface area contributed by atoms with Crippen molar-refractivity contribution in [2.75, 3.05) is 5.32 Å². The molecule has 1 amide bonds. The minimum Gasteiger partial charge on any atom is -0.447 e. The Kier molecular flexibility index (Phi) is 3.16. The van der Waals surface area contributed by atoms with Gasteiger partial charge in [0.15, 0.2) is 5.75 Å². The van der Waals surface area contributed by atoms with Crippen LogP contribution >= 0.6 is 0 Å². The van der Waals surface area contributed by atoms with E-state index >= 15 is 0 Å². The van der Waals surface area contributed by atoms with Gasteiger partial charge in [-0.2, -0.15) is 13.2 Å². The first kappa shape index (κ1) is 13.9. The molecule has 10 heteroatoms. The number of hydrogen-bond donors (Lipinski definition) is 1. The molecule has 2 rings (SSSR count). The van der Waals surface area contributed by atoms with Crippen molar-refractivity contribution in [3.05, 3.63) is 22.2 Å². The molecule has 1 aromatic rings. The highest BCUT2D eigenvalue weighted by atomic mass is 19.3. The number of carbonyl (C=O) groups excluding carboxylic acids is 1. The van der Waals surface area contributed by atoms with Crippen LogP contribution in [0.5, 0.6) is 11.5 Å². The van der Waals surface area contributed by atoms with E-state index in [2.05, 4.69) is 14.8 Å². The van der Waals surface area contributed by atoms with Gasteiger partial charge in [0.25, 0.3) is 0 Å². The van der Waals surface area contributed by atoms with E-state index < -0.39 is 40.5 Å². The van der Waals surface area contributed by atoms with E-state index in [-0.39, 0.29) is 5.69 Å². The summed E-state index contributed by atoms with van der Waals surface area (Å²) in [5.74, 6) is -2.05. The molecule has 1 unspecified atom stereocenters. The van der Waals surface area contributed by atoms with Crippen LogP contribution in [0, 0.1) is 10.1 Å². The molecule has 0 fully saturated rings. The highest BCUT2D eigenvalue weighted by Gasteiger charge is 2.51. The van der Waals surface area contributed by atoms with Crippen LogP contribution in [0.4, 0.5) is 24.5 Å². The summed E-state index contributed by atoms with van der Waals surface area (Å²) in [6.07, 6.45) is -7.45. The summed E-state index contributed by atoms with van der Waals surface area (Å²) < 4.78 is 47.3. The van der Waals surface area contributed by atoms with Gasteiger partial charge in [-0.3, -0.25) is 14.9 Å². The summed E-state index contributed by atoms with van der Waals surface area (Å²) in [6.45, 7) is 1.13. The second-order valence-electron chi connectivity index (χ2n) is 3.86. The second-order valence-corrected chi connectivity index (χ2v) is 3.86. The van der Waals surface area contributed by atoms with Gasteiger partial charge < -0.3 is 14.8 Å². The van der Waals surface area contributed by atoms with E-state index in [4.69, 9.17) is 0 Å². The molecule has 0 saturated heterocycles. The number of carbonyl (C=O) groups is 1. The summed E-state index contributed by atoms with van der Waals surface area (Å²) in [6, 6.07) is 1.75.